The first-order chi connectivity index (χ1) is 9.56. The first kappa shape index (κ1) is 14.4. The van der Waals surface area contributed by atoms with Crippen LogP contribution in [-0.2, 0) is 0 Å². The maximum Gasteiger partial charge on any atom is 0.254 e. The van der Waals surface area contributed by atoms with Gasteiger partial charge in [0.2, 0.25) is 0 Å². The largest absolute Gasteiger partial charge is 0.333 e. The molecule has 0 bridgehead atoms. The van der Waals surface area contributed by atoms with Gasteiger partial charge < -0.3 is 4.90 Å². The van der Waals surface area contributed by atoms with E-state index >= 15 is 0 Å². The molecule has 20 heavy (non-hydrogen) atoms. The minimum Gasteiger partial charge on any atom is -0.333 e. The molecule has 108 valence electrons. The molecule has 0 aliphatic carbocycles. The minimum atomic E-state index is 0.0958. The van der Waals surface area contributed by atoms with E-state index in [1.165, 1.54) is 19.4 Å². The maximum atomic E-state index is 12.7. The molecule has 2 atom stereocenters. The standard InChI is InChI=1S/C15H18BrClN2O/c1-10-8-18-6-2-3-12(18)9-19(10)15(20)11-4-5-13(16)14(17)7-11/h4-5,7,10,12H,2-3,6,8-9H2,1H3. The van der Waals surface area contributed by atoms with Gasteiger partial charge >= 0.3 is 0 Å². The molecule has 2 aliphatic heterocycles. The average molecular weight is 358 g/mol. The molecule has 5 heteroatoms. The fourth-order valence-corrected chi connectivity index (χ4v) is 3.69. The van der Waals surface area contributed by atoms with Gasteiger partial charge in [-0.3, -0.25) is 9.69 Å². The zero-order chi connectivity index (χ0) is 14.3. The van der Waals surface area contributed by atoms with E-state index in [1.807, 2.05) is 17.0 Å². The van der Waals surface area contributed by atoms with E-state index in [9.17, 15) is 4.79 Å². The predicted molar refractivity (Wildman–Crippen MR) is 84.2 cm³/mol. The second-order valence-corrected chi connectivity index (χ2v) is 6.99. The number of piperazine rings is 1. The molecule has 2 unspecified atom stereocenters. The van der Waals surface area contributed by atoms with Gasteiger partial charge in [0.1, 0.15) is 0 Å². The minimum absolute atomic E-state index is 0.0958. The summed E-state index contributed by atoms with van der Waals surface area (Å²) in [5, 5.41) is 0.586. The van der Waals surface area contributed by atoms with Gasteiger partial charge in [-0.25, -0.2) is 0 Å². The van der Waals surface area contributed by atoms with Gasteiger partial charge in [0, 0.05) is 35.2 Å². The van der Waals surface area contributed by atoms with Gasteiger partial charge in [-0.2, -0.15) is 0 Å². The third kappa shape index (κ3) is 2.61. The van der Waals surface area contributed by atoms with E-state index in [4.69, 9.17) is 11.6 Å². The molecule has 2 heterocycles. The fraction of sp³-hybridized carbons (Fsp3) is 0.533. The highest BCUT2D eigenvalue weighted by atomic mass is 79.9. The van der Waals surface area contributed by atoms with E-state index in [-0.39, 0.29) is 11.9 Å². The third-order valence-corrected chi connectivity index (χ3v) is 5.60. The van der Waals surface area contributed by atoms with Gasteiger partial charge in [0.05, 0.1) is 5.02 Å². The van der Waals surface area contributed by atoms with Gasteiger partial charge in [-0.1, -0.05) is 11.6 Å². The number of hydrogen-bond donors (Lipinski definition) is 0. The van der Waals surface area contributed by atoms with Crippen LogP contribution in [0.4, 0.5) is 0 Å². The number of benzene rings is 1. The highest BCUT2D eigenvalue weighted by Crippen LogP contribution is 2.28. The summed E-state index contributed by atoms with van der Waals surface area (Å²) in [4.78, 5) is 17.2. The summed E-state index contributed by atoms with van der Waals surface area (Å²) in [5.74, 6) is 0.0958. The van der Waals surface area contributed by atoms with Crippen LogP contribution in [0.15, 0.2) is 22.7 Å². The van der Waals surface area contributed by atoms with Crippen molar-refractivity contribution < 1.29 is 4.79 Å². The Morgan fingerprint density at radius 2 is 2.20 bits per heavy atom. The molecule has 1 aromatic carbocycles. The molecular weight excluding hydrogens is 340 g/mol. The van der Waals surface area contributed by atoms with Crippen molar-refractivity contribution in [1.82, 2.24) is 9.80 Å². The lowest BCUT2D eigenvalue weighted by atomic mass is 10.1. The molecule has 3 nitrogen and oxygen atoms in total. The van der Waals surface area contributed by atoms with Crippen molar-refractivity contribution >= 4 is 33.4 Å². The zero-order valence-electron chi connectivity index (χ0n) is 11.5. The van der Waals surface area contributed by atoms with E-state index in [1.54, 1.807) is 6.07 Å². The van der Waals surface area contributed by atoms with Crippen LogP contribution in [0.25, 0.3) is 0 Å². The zero-order valence-corrected chi connectivity index (χ0v) is 13.8. The van der Waals surface area contributed by atoms with Crippen molar-refractivity contribution in [1.29, 1.82) is 0 Å². The summed E-state index contributed by atoms with van der Waals surface area (Å²) < 4.78 is 0.823. The van der Waals surface area contributed by atoms with Crippen molar-refractivity contribution in [3.05, 3.63) is 33.3 Å². The normalized spacial score (nSPS) is 26.6. The molecule has 0 aromatic heterocycles. The smallest absolute Gasteiger partial charge is 0.254 e. The SMILES string of the molecule is CC1CN2CCCC2CN1C(=O)c1ccc(Br)c(Cl)c1. The van der Waals surface area contributed by atoms with Gasteiger partial charge in [-0.15, -0.1) is 0 Å². The van der Waals surface area contributed by atoms with Crippen LogP contribution in [0, 0.1) is 0 Å². The number of nitrogens with zero attached hydrogens (tertiary/aromatic N) is 2. The number of carbonyl (C=O) groups is 1. The number of hydrogen-bond acceptors (Lipinski definition) is 2. The molecule has 2 fully saturated rings. The van der Waals surface area contributed by atoms with Gasteiger partial charge in [-0.05, 0) is 60.4 Å². The van der Waals surface area contributed by atoms with Crippen LogP contribution < -0.4 is 0 Å². The van der Waals surface area contributed by atoms with Crippen LogP contribution in [0.1, 0.15) is 30.1 Å². The molecule has 0 radical (unpaired) electrons. The molecule has 2 aliphatic rings. The Morgan fingerprint density at radius 3 is 2.95 bits per heavy atom. The van der Waals surface area contributed by atoms with E-state index < -0.39 is 0 Å². The molecule has 2 saturated heterocycles. The summed E-state index contributed by atoms with van der Waals surface area (Å²) in [5.41, 5.74) is 0.677. The van der Waals surface area contributed by atoms with E-state index in [2.05, 4.69) is 27.8 Å². The van der Waals surface area contributed by atoms with Crippen LogP contribution in [0.3, 0.4) is 0 Å². The van der Waals surface area contributed by atoms with Crippen molar-refractivity contribution in [3.63, 3.8) is 0 Å². The predicted octanol–water partition coefficient (Wildman–Crippen LogP) is 3.41. The first-order valence-corrected chi connectivity index (χ1v) is 8.23. The Kier molecular flexibility index (Phi) is 4.07. The quantitative estimate of drug-likeness (QED) is 0.769. The van der Waals surface area contributed by atoms with Crippen molar-refractivity contribution in [3.8, 4) is 0 Å². The topological polar surface area (TPSA) is 23.6 Å². The van der Waals surface area contributed by atoms with E-state index in [0.717, 1.165) is 17.6 Å². The Balaban J connectivity index is 1.80. The summed E-state index contributed by atoms with van der Waals surface area (Å²) in [6, 6.07) is 6.24. The number of halogens is 2. The maximum absolute atomic E-state index is 12.7. The van der Waals surface area contributed by atoms with Crippen LogP contribution in [0.2, 0.25) is 5.02 Å². The number of carbonyl (C=O) groups excluding carboxylic acids is 1. The highest BCUT2D eigenvalue weighted by Gasteiger charge is 2.36. The summed E-state index contributed by atoms with van der Waals surface area (Å²) >= 11 is 9.46. The summed E-state index contributed by atoms with van der Waals surface area (Å²) in [6.07, 6.45) is 2.46. The second kappa shape index (κ2) is 5.66. The van der Waals surface area contributed by atoms with Crippen LogP contribution in [-0.4, -0.2) is 47.4 Å². The second-order valence-electron chi connectivity index (χ2n) is 5.73. The Bertz CT molecular complexity index is 537. The molecule has 0 saturated carbocycles. The monoisotopic (exact) mass is 356 g/mol. The van der Waals surface area contributed by atoms with Gasteiger partial charge in [0.25, 0.3) is 5.91 Å². The number of rotatable bonds is 1. The lowest BCUT2D eigenvalue weighted by molar-refractivity contribution is 0.0395. The molecule has 0 N–H and O–H groups in total. The van der Waals surface area contributed by atoms with Crippen LogP contribution >= 0.6 is 27.5 Å². The lowest BCUT2D eigenvalue weighted by Gasteiger charge is -2.42. The third-order valence-electron chi connectivity index (χ3n) is 4.36. The van der Waals surface area contributed by atoms with Crippen molar-refractivity contribution in [2.75, 3.05) is 19.6 Å². The first-order valence-electron chi connectivity index (χ1n) is 7.06. The fourth-order valence-electron chi connectivity index (χ4n) is 3.27. The Labute approximate surface area is 133 Å². The molecule has 1 aromatic rings. The highest BCUT2D eigenvalue weighted by molar-refractivity contribution is 9.10. The molecular formula is C15H18BrClN2O. The van der Waals surface area contributed by atoms with Crippen molar-refractivity contribution in [2.45, 2.75) is 31.8 Å². The Morgan fingerprint density at radius 1 is 1.40 bits per heavy atom. The van der Waals surface area contributed by atoms with Crippen LogP contribution in [0.5, 0.6) is 0 Å². The number of amides is 1. The lowest BCUT2D eigenvalue weighted by Crippen LogP contribution is -2.56. The molecule has 1 amide bonds. The summed E-state index contributed by atoms with van der Waals surface area (Å²) in [7, 11) is 0. The molecule has 3 rings (SSSR count). The molecule has 0 spiro atoms. The Hall–Kier alpha value is -0.580. The van der Waals surface area contributed by atoms with E-state index in [0.29, 0.717) is 16.6 Å². The van der Waals surface area contributed by atoms with Gasteiger partial charge in [0.15, 0.2) is 0 Å². The number of fused-ring (bicyclic) bond motifs is 1. The summed E-state index contributed by atoms with van der Waals surface area (Å²) in [6.45, 7) is 5.14. The average Bonchev–Trinajstić information content (AvgIpc) is 2.87. The van der Waals surface area contributed by atoms with Crippen molar-refractivity contribution in [2.24, 2.45) is 0 Å².